The molecule has 2 nitrogen and oxygen atoms in total. The Balaban J connectivity index is 2.03. The molecule has 1 aliphatic heterocycles. The van der Waals surface area contributed by atoms with Gasteiger partial charge in [0.05, 0.1) is 6.10 Å². The first-order valence-corrected chi connectivity index (χ1v) is 3.27. The highest BCUT2D eigenvalue weighted by molar-refractivity contribution is 5.09. The zero-order valence-corrected chi connectivity index (χ0v) is 4.85. The zero-order chi connectivity index (χ0) is 5.61. The second kappa shape index (κ2) is 1.25. The minimum atomic E-state index is -0.0313. The van der Waals surface area contributed by atoms with Gasteiger partial charge in [0.15, 0.2) is 0 Å². The summed E-state index contributed by atoms with van der Waals surface area (Å²) in [6, 6.07) is 0. The third kappa shape index (κ3) is 0.361. The number of nitrogens with one attached hydrogen (secondary N) is 1. The Morgan fingerprint density at radius 3 is 2.25 bits per heavy atom. The maximum atomic E-state index is 9.16. The van der Waals surface area contributed by atoms with Crippen LogP contribution in [-0.4, -0.2) is 23.3 Å². The fourth-order valence-corrected chi connectivity index (χ4v) is 1.57. The van der Waals surface area contributed by atoms with E-state index in [1.54, 1.807) is 0 Å². The standard InChI is InChI=1S/C6H11NO/c8-5-1-2-6(5)3-4-7-6/h5,7-8H,1-4H2. The molecule has 2 rings (SSSR count). The summed E-state index contributed by atoms with van der Waals surface area (Å²) in [5.74, 6) is 0. The molecule has 2 unspecified atom stereocenters. The van der Waals surface area contributed by atoms with Crippen molar-refractivity contribution < 1.29 is 5.11 Å². The first-order valence-electron chi connectivity index (χ1n) is 3.27. The zero-order valence-electron chi connectivity index (χ0n) is 4.85. The normalized spacial score (nSPS) is 52.9. The average molecular weight is 113 g/mol. The van der Waals surface area contributed by atoms with Crippen molar-refractivity contribution in [1.29, 1.82) is 0 Å². The molecule has 2 aliphatic rings. The lowest BCUT2D eigenvalue weighted by atomic mass is 9.67. The highest BCUT2D eigenvalue weighted by atomic mass is 16.3. The summed E-state index contributed by atoms with van der Waals surface area (Å²) in [7, 11) is 0. The second-order valence-corrected chi connectivity index (χ2v) is 2.89. The number of rotatable bonds is 0. The Kier molecular flexibility index (Phi) is 0.746. The van der Waals surface area contributed by atoms with Crippen LogP contribution in [0, 0.1) is 0 Å². The van der Waals surface area contributed by atoms with Gasteiger partial charge >= 0.3 is 0 Å². The maximum Gasteiger partial charge on any atom is 0.0722 e. The molecular weight excluding hydrogens is 102 g/mol. The molecule has 2 fully saturated rings. The van der Waals surface area contributed by atoms with Gasteiger partial charge in [0.25, 0.3) is 0 Å². The first kappa shape index (κ1) is 4.77. The highest BCUT2D eigenvalue weighted by Gasteiger charge is 2.49. The van der Waals surface area contributed by atoms with Gasteiger partial charge in [0.1, 0.15) is 0 Å². The summed E-state index contributed by atoms with van der Waals surface area (Å²) >= 11 is 0. The van der Waals surface area contributed by atoms with Crippen LogP contribution in [0.15, 0.2) is 0 Å². The number of aliphatic hydroxyl groups excluding tert-OH is 1. The predicted octanol–water partition coefficient (Wildman–Crippen LogP) is -0.127. The van der Waals surface area contributed by atoms with Crippen molar-refractivity contribution in [2.45, 2.75) is 30.9 Å². The van der Waals surface area contributed by atoms with Crippen molar-refractivity contribution >= 4 is 0 Å². The van der Waals surface area contributed by atoms with Gasteiger partial charge in [0.2, 0.25) is 0 Å². The molecular formula is C6H11NO. The fourth-order valence-electron chi connectivity index (χ4n) is 1.57. The summed E-state index contributed by atoms with van der Waals surface area (Å²) in [6.45, 7) is 1.11. The van der Waals surface area contributed by atoms with Crippen molar-refractivity contribution in [2.24, 2.45) is 0 Å². The van der Waals surface area contributed by atoms with Gasteiger partial charge in [-0.1, -0.05) is 0 Å². The summed E-state index contributed by atoms with van der Waals surface area (Å²) in [5.41, 5.74) is 0.208. The largest absolute Gasteiger partial charge is 0.391 e. The minimum Gasteiger partial charge on any atom is -0.391 e. The van der Waals surface area contributed by atoms with Crippen molar-refractivity contribution in [1.82, 2.24) is 5.32 Å². The molecule has 0 aromatic heterocycles. The van der Waals surface area contributed by atoms with Crippen LogP contribution in [0.1, 0.15) is 19.3 Å². The van der Waals surface area contributed by atoms with E-state index in [-0.39, 0.29) is 11.6 Å². The van der Waals surface area contributed by atoms with Crippen LogP contribution in [0.4, 0.5) is 0 Å². The lowest BCUT2D eigenvalue weighted by Gasteiger charge is -2.54. The minimum absolute atomic E-state index is 0.0313. The van der Waals surface area contributed by atoms with E-state index in [1.165, 1.54) is 12.8 Å². The molecule has 0 aromatic carbocycles. The summed E-state index contributed by atoms with van der Waals surface area (Å²) in [6.07, 6.45) is 3.35. The van der Waals surface area contributed by atoms with Crippen LogP contribution in [0.25, 0.3) is 0 Å². The molecule has 2 heteroatoms. The van der Waals surface area contributed by atoms with Crippen LogP contribution < -0.4 is 5.32 Å². The van der Waals surface area contributed by atoms with E-state index in [1.807, 2.05) is 0 Å². The third-order valence-electron chi connectivity index (χ3n) is 2.55. The van der Waals surface area contributed by atoms with Gasteiger partial charge in [0, 0.05) is 5.54 Å². The van der Waals surface area contributed by atoms with Crippen LogP contribution in [0.3, 0.4) is 0 Å². The van der Waals surface area contributed by atoms with Gasteiger partial charge < -0.3 is 10.4 Å². The smallest absolute Gasteiger partial charge is 0.0722 e. The van der Waals surface area contributed by atoms with Crippen molar-refractivity contribution in [3.63, 3.8) is 0 Å². The number of hydrogen-bond donors (Lipinski definition) is 2. The molecule has 1 heterocycles. The Morgan fingerprint density at radius 2 is 2.25 bits per heavy atom. The molecule has 2 atom stereocenters. The van der Waals surface area contributed by atoms with E-state index in [9.17, 15) is 0 Å². The SMILES string of the molecule is OC1CCC12CCN2. The Hall–Kier alpha value is -0.0800. The lowest BCUT2D eigenvalue weighted by molar-refractivity contribution is -0.0635. The van der Waals surface area contributed by atoms with Crippen LogP contribution >= 0.6 is 0 Å². The third-order valence-corrected chi connectivity index (χ3v) is 2.55. The molecule has 0 aromatic rings. The first-order chi connectivity index (χ1) is 3.83. The monoisotopic (exact) mass is 113 g/mol. The lowest BCUT2D eigenvalue weighted by Crippen LogP contribution is -2.69. The summed E-state index contributed by atoms with van der Waals surface area (Å²) in [4.78, 5) is 0. The van der Waals surface area contributed by atoms with Gasteiger partial charge in [-0.3, -0.25) is 0 Å². The predicted molar refractivity (Wildman–Crippen MR) is 30.6 cm³/mol. The van der Waals surface area contributed by atoms with Gasteiger partial charge in [-0.25, -0.2) is 0 Å². The number of aliphatic hydroxyl groups is 1. The quantitative estimate of drug-likeness (QED) is 0.459. The van der Waals surface area contributed by atoms with Gasteiger partial charge in [-0.15, -0.1) is 0 Å². The van der Waals surface area contributed by atoms with Crippen molar-refractivity contribution in [3.05, 3.63) is 0 Å². The molecule has 0 radical (unpaired) electrons. The van der Waals surface area contributed by atoms with E-state index in [0.29, 0.717) is 0 Å². The molecule has 2 N–H and O–H groups in total. The molecule has 0 amide bonds. The van der Waals surface area contributed by atoms with Gasteiger partial charge in [-0.05, 0) is 25.8 Å². The highest BCUT2D eigenvalue weighted by Crippen LogP contribution is 2.39. The molecule has 1 saturated carbocycles. The second-order valence-electron chi connectivity index (χ2n) is 2.89. The Morgan fingerprint density at radius 1 is 1.50 bits per heavy atom. The van der Waals surface area contributed by atoms with E-state index in [0.717, 1.165) is 13.0 Å². The Bertz CT molecular complexity index is 104. The van der Waals surface area contributed by atoms with Gasteiger partial charge in [-0.2, -0.15) is 0 Å². The molecule has 1 saturated heterocycles. The molecule has 1 spiro atoms. The topological polar surface area (TPSA) is 32.3 Å². The van der Waals surface area contributed by atoms with Crippen molar-refractivity contribution in [3.8, 4) is 0 Å². The Labute approximate surface area is 48.9 Å². The molecule has 0 bridgehead atoms. The molecule has 1 aliphatic carbocycles. The van der Waals surface area contributed by atoms with E-state index < -0.39 is 0 Å². The van der Waals surface area contributed by atoms with E-state index in [4.69, 9.17) is 5.11 Å². The van der Waals surface area contributed by atoms with Crippen LogP contribution in [0.2, 0.25) is 0 Å². The van der Waals surface area contributed by atoms with Crippen LogP contribution in [0.5, 0.6) is 0 Å². The maximum absolute atomic E-state index is 9.16. The van der Waals surface area contributed by atoms with Crippen LogP contribution in [-0.2, 0) is 0 Å². The summed E-state index contributed by atoms with van der Waals surface area (Å²) in [5, 5.41) is 12.4. The number of hydrogen-bond acceptors (Lipinski definition) is 2. The average Bonchev–Trinajstić information content (AvgIpc) is 1.58. The fraction of sp³-hybridized carbons (Fsp3) is 1.00. The molecule has 46 valence electrons. The summed E-state index contributed by atoms with van der Waals surface area (Å²) < 4.78 is 0. The van der Waals surface area contributed by atoms with E-state index in [2.05, 4.69) is 5.32 Å². The molecule has 8 heavy (non-hydrogen) atoms. The van der Waals surface area contributed by atoms with Crippen molar-refractivity contribution in [2.75, 3.05) is 6.54 Å². The van der Waals surface area contributed by atoms with E-state index >= 15 is 0 Å².